The summed E-state index contributed by atoms with van der Waals surface area (Å²) in [6, 6.07) is 6.88. The predicted octanol–water partition coefficient (Wildman–Crippen LogP) is 2.24. The van der Waals surface area contributed by atoms with E-state index in [1.165, 1.54) is 0 Å². The van der Waals surface area contributed by atoms with Crippen LogP contribution in [0.5, 0.6) is 0 Å². The van der Waals surface area contributed by atoms with Gasteiger partial charge in [0.15, 0.2) is 0 Å². The maximum atomic E-state index is 13.0. The van der Waals surface area contributed by atoms with E-state index >= 15 is 0 Å². The van der Waals surface area contributed by atoms with Gasteiger partial charge in [-0.05, 0) is 34.6 Å². The van der Waals surface area contributed by atoms with Gasteiger partial charge in [-0.25, -0.2) is 13.4 Å². The number of hydrogen-bond donors (Lipinski definition) is 1. The van der Waals surface area contributed by atoms with Crippen LogP contribution in [0.25, 0.3) is 0 Å². The fourth-order valence-electron chi connectivity index (χ4n) is 2.90. The first-order chi connectivity index (χ1) is 11.0. The Kier molecular flexibility index (Phi) is 4.86. The van der Waals surface area contributed by atoms with Crippen LogP contribution in [0, 0.1) is 0 Å². The molecule has 0 unspecified atom stereocenters. The van der Waals surface area contributed by atoms with E-state index in [2.05, 4.69) is 37.7 Å². The molecular weight excluding hydrogens is 380 g/mol. The van der Waals surface area contributed by atoms with E-state index in [1.54, 1.807) is 34.9 Å². The van der Waals surface area contributed by atoms with Crippen molar-refractivity contribution < 1.29 is 8.42 Å². The summed E-state index contributed by atoms with van der Waals surface area (Å²) >= 11 is 3.34. The number of hydrogen-bond acceptors (Lipinski definition) is 4. The highest BCUT2D eigenvalue weighted by Crippen LogP contribution is 2.29. The summed E-state index contributed by atoms with van der Waals surface area (Å²) in [5.41, 5.74) is 0. The van der Waals surface area contributed by atoms with Gasteiger partial charge in [-0.15, -0.1) is 0 Å². The van der Waals surface area contributed by atoms with E-state index in [0.717, 1.165) is 12.4 Å². The number of imidazole rings is 1. The molecule has 2 aromatic rings. The lowest BCUT2D eigenvalue weighted by Gasteiger charge is -2.39. The first kappa shape index (κ1) is 16.6. The summed E-state index contributed by atoms with van der Waals surface area (Å²) in [7, 11) is -3.53. The van der Waals surface area contributed by atoms with Gasteiger partial charge in [0.2, 0.25) is 10.0 Å². The van der Waals surface area contributed by atoms with Crippen molar-refractivity contribution in [2.24, 2.45) is 0 Å². The Labute approximate surface area is 144 Å². The Bertz CT molecular complexity index is 764. The van der Waals surface area contributed by atoms with E-state index in [4.69, 9.17) is 0 Å². The minimum atomic E-state index is -3.53. The lowest BCUT2D eigenvalue weighted by Crippen LogP contribution is -2.50. The third-order valence-corrected chi connectivity index (χ3v) is 7.03. The Morgan fingerprint density at radius 1 is 1.35 bits per heavy atom. The standard InChI is InChI=1S/C15H19BrN4O2S/c1-2-19-9-10-20(11-13(19)15-17-7-8-18-15)23(21,22)14-6-4-3-5-12(14)16/h3-8,13H,2,9-11H2,1H3,(H,17,18)/t13-/m1/s1. The molecule has 0 aliphatic carbocycles. The van der Waals surface area contributed by atoms with Crippen LogP contribution in [0.15, 0.2) is 46.0 Å². The van der Waals surface area contributed by atoms with Crippen LogP contribution in [0.1, 0.15) is 18.8 Å². The number of rotatable bonds is 4. The molecule has 0 spiro atoms. The Morgan fingerprint density at radius 2 is 2.13 bits per heavy atom. The van der Waals surface area contributed by atoms with Crippen molar-refractivity contribution in [1.82, 2.24) is 19.2 Å². The van der Waals surface area contributed by atoms with Gasteiger partial charge in [0.05, 0.1) is 10.9 Å². The third kappa shape index (κ3) is 3.21. The van der Waals surface area contributed by atoms with Gasteiger partial charge in [0.1, 0.15) is 5.82 Å². The molecule has 1 aliphatic heterocycles. The molecule has 1 aliphatic rings. The number of nitrogens with one attached hydrogen (secondary N) is 1. The molecule has 3 rings (SSSR count). The van der Waals surface area contributed by atoms with Crippen molar-refractivity contribution >= 4 is 26.0 Å². The summed E-state index contributed by atoms with van der Waals surface area (Å²) < 4.78 is 28.1. The van der Waals surface area contributed by atoms with E-state index in [1.807, 2.05) is 6.07 Å². The molecule has 1 aromatic carbocycles. The predicted molar refractivity (Wildman–Crippen MR) is 91.5 cm³/mol. The molecule has 124 valence electrons. The zero-order valence-corrected chi connectivity index (χ0v) is 15.2. The van der Waals surface area contributed by atoms with Gasteiger partial charge < -0.3 is 4.98 Å². The first-order valence-corrected chi connectivity index (χ1v) is 9.75. The number of benzene rings is 1. The largest absolute Gasteiger partial charge is 0.347 e. The molecule has 1 atom stereocenters. The van der Waals surface area contributed by atoms with Gasteiger partial charge in [-0.3, -0.25) is 4.90 Å². The Morgan fingerprint density at radius 3 is 2.78 bits per heavy atom. The summed E-state index contributed by atoms with van der Waals surface area (Å²) in [4.78, 5) is 9.98. The van der Waals surface area contributed by atoms with Crippen molar-refractivity contribution in [2.75, 3.05) is 26.2 Å². The van der Waals surface area contributed by atoms with Crippen molar-refractivity contribution in [3.63, 3.8) is 0 Å². The fraction of sp³-hybridized carbons (Fsp3) is 0.400. The zero-order chi connectivity index (χ0) is 16.4. The molecule has 0 saturated carbocycles. The summed E-state index contributed by atoms with van der Waals surface area (Å²) in [6.07, 6.45) is 3.47. The smallest absolute Gasteiger partial charge is 0.244 e. The highest BCUT2D eigenvalue weighted by molar-refractivity contribution is 9.10. The minimum Gasteiger partial charge on any atom is -0.347 e. The van der Waals surface area contributed by atoms with Gasteiger partial charge in [0.25, 0.3) is 0 Å². The van der Waals surface area contributed by atoms with Crippen molar-refractivity contribution in [2.45, 2.75) is 17.9 Å². The van der Waals surface area contributed by atoms with E-state index in [0.29, 0.717) is 29.0 Å². The molecule has 0 amide bonds. The molecule has 23 heavy (non-hydrogen) atoms. The quantitative estimate of drug-likeness (QED) is 0.856. The number of sulfonamides is 1. The molecule has 1 saturated heterocycles. The van der Waals surface area contributed by atoms with Gasteiger partial charge >= 0.3 is 0 Å². The van der Waals surface area contributed by atoms with Crippen LogP contribution in [-0.2, 0) is 10.0 Å². The normalized spacial score (nSPS) is 20.7. The molecule has 0 radical (unpaired) electrons. The van der Waals surface area contributed by atoms with Crippen LogP contribution >= 0.6 is 15.9 Å². The molecule has 1 fully saturated rings. The van der Waals surface area contributed by atoms with Crippen molar-refractivity contribution in [3.05, 3.63) is 47.0 Å². The van der Waals surface area contributed by atoms with Gasteiger partial charge in [0, 0.05) is 36.5 Å². The minimum absolute atomic E-state index is 0.0546. The van der Waals surface area contributed by atoms with Gasteiger partial charge in [-0.1, -0.05) is 19.1 Å². The number of aromatic amines is 1. The van der Waals surface area contributed by atoms with Crippen LogP contribution in [-0.4, -0.2) is 53.8 Å². The topological polar surface area (TPSA) is 69.3 Å². The molecular formula is C15H19BrN4O2S. The fourth-order valence-corrected chi connectivity index (χ4v) is 5.31. The Hall–Kier alpha value is -1.22. The second-order valence-electron chi connectivity index (χ2n) is 5.41. The second kappa shape index (κ2) is 6.72. The lowest BCUT2D eigenvalue weighted by molar-refractivity contribution is 0.119. The molecule has 1 aromatic heterocycles. The summed E-state index contributed by atoms with van der Waals surface area (Å²) in [5.74, 6) is 0.805. The third-order valence-electron chi connectivity index (χ3n) is 4.15. The van der Waals surface area contributed by atoms with Crippen LogP contribution in [0.3, 0.4) is 0 Å². The molecule has 0 bridgehead atoms. The number of piperazine rings is 1. The highest BCUT2D eigenvalue weighted by Gasteiger charge is 2.36. The summed E-state index contributed by atoms with van der Waals surface area (Å²) in [6.45, 7) is 4.49. The lowest BCUT2D eigenvalue weighted by atomic mass is 10.2. The van der Waals surface area contributed by atoms with E-state index in [-0.39, 0.29) is 6.04 Å². The summed E-state index contributed by atoms with van der Waals surface area (Å²) in [5, 5.41) is 0. The number of likely N-dealkylation sites (N-methyl/N-ethyl adjacent to an activating group) is 1. The first-order valence-electron chi connectivity index (χ1n) is 7.52. The maximum absolute atomic E-state index is 13.0. The molecule has 1 N–H and O–H groups in total. The average molecular weight is 399 g/mol. The number of nitrogens with zero attached hydrogens (tertiary/aromatic N) is 3. The SMILES string of the molecule is CCN1CCN(S(=O)(=O)c2ccccc2Br)C[C@@H]1c1ncc[nH]1. The number of H-pyrrole nitrogens is 1. The van der Waals surface area contributed by atoms with Crippen molar-refractivity contribution in [3.8, 4) is 0 Å². The zero-order valence-electron chi connectivity index (χ0n) is 12.8. The maximum Gasteiger partial charge on any atom is 0.244 e. The molecule has 8 heteroatoms. The Balaban J connectivity index is 1.91. The van der Waals surface area contributed by atoms with E-state index < -0.39 is 10.0 Å². The van der Waals surface area contributed by atoms with Gasteiger partial charge in [-0.2, -0.15) is 4.31 Å². The number of aromatic nitrogens is 2. The van der Waals surface area contributed by atoms with Crippen LogP contribution in [0.4, 0.5) is 0 Å². The molecule has 6 nitrogen and oxygen atoms in total. The van der Waals surface area contributed by atoms with E-state index in [9.17, 15) is 8.42 Å². The molecule has 2 heterocycles. The average Bonchev–Trinajstić information content (AvgIpc) is 3.08. The second-order valence-corrected chi connectivity index (χ2v) is 8.17. The highest BCUT2D eigenvalue weighted by atomic mass is 79.9. The monoisotopic (exact) mass is 398 g/mol. The number of halogens is 1. The van der Waals surface area contributed by atoms with Crippen LogP contribution < -0.4 is 0 Å². The van der Waals surface area contributed by atoms with Crippen LogP contribution in [0.2, 0.25) is 0 Å². The van der Waals surface area contributed by atoms with Crippen molar-refractivity contribution in [1.29, 1.82) is 0 Å².